The first-order chi connectivity index (χ1) is 11.4. The van der Waals surface area contributed by atoms with E-state index < -0.39 is 0 Å². The van der Waals surface area contributed by atoms with E-state index in [9.17, 15) is 9.59 Å². The Kier molecular flexibility index (Phi) is 5.57. The van der Waals surface area contributed by atoms with Gasteiger partial charge in [0.05, 0.1) is 5.69 Å². The average molecular weight is 329 g/mol. The molecule has 0 saturated heterocycles. The second-order valence-corrected chi connectivity index (χ2v) is 5.85. The molecule has 0 aliphatic heterocycles. The van der Waals surface area contributed by atoms with E-state index in [0.29, 0.717) is 17.7 Å². The summed E-state index contributed by atoms with van der Waals surface area (Å²) in [6.07, 6.45) is 0.634. The molecule has 1 aromatic heterocycles. The second kappa shape index (κ2) is 7.63. The van der Waals surface area contributed by atoms with Crippen molar-refractivity contribution in [2.24, 2.45) is 0 Å². The molecule has 0 aliphatic carbocycles. The summed E-state index contributed by atoms with van der Waals surface area (Å²) in [5, 5.41) is 15.3. The summed E-state index contributed by atoms with van der Waals surface area (Å²) in [4.78, 5) is 23.9. The molecule has 4 N–H and O–H groups in total. The highest BCUT2D eigenvalue weighted by Crippen LogP contribution is 2.17. The lowest BCUT2D eigenvalue weighted by molar-refractivity contribution is 0.0963. The van der Waals surface area contributed by atoms with Gasteiger partial charge in [0.25, 0.3) is 5.91 Å². The summed E-state index contributed by atoms with van der Waals surface area (Å²) in [6, 6.07) is 6.75. The lowest BCUT2D eigenvalue weighted by Gasteiger charge is -2.15. The Morgan fingerprint density at radius 2 is 2.00 bits per heavy atom. The van der Waals surface area contributed by atoms with Crippen molar-refractivity contribution in [2.75, 3.05) is 12.4 Å². The second-order valence-electron chi connectivity index (χ2n) is 5.85. The van der Waals surface area contributed by atoms with Crippen molar-refractivity contribution in [3.63, 3.8) is 0 Å². The van der Waals surface area contributed by atoms with Gasteiger partial charge in [-0.3, -0.25) is 9.89 Å². The van der Waals surface area contributed by atoms with Crippen LogP contribution in [0.5, 0.6) is 0 Å². The molecule has 3 amide bonds. The van der Waals surface area contributed by atoms with E-state index in [2.05, 4.69) is 26.1 Å². The number of hydrogen-bond acceptors (Lipinski definition) is 3. The van der Waals surface area contributed by atoms with Gasteiger partial charge in [-0.25, -0.2) is 4.79 Å². The van der Waals surface area contributed by atoms with E-state index in [1.165, 1.54) is 0 Å². The van der Waals surface area contributed by atoms with Crippen LogP contribution in [0.15, 0.2) is 24.3 Å². The molecule has 1 heterocycles. The number of benzene rings is 1. The molecule has 0 spiro atoms. The number of aromatic nitrogens is 2. The number of carbonyl (C=O) groups excluding carboxylic acids is 2. The zero-order valence-corrected chi connectivity index (χ0v) is 14.4. The number of anilines is 1. The molecular weight excluding hydrogens is 306 g/mol. The Hall–Kier alpha value is -2.83. The Morgan fingerprint density at radius 1 is 1.25 bits per heavy atom. The van der Waals surface area contributed by atoms with Crippen molar-refractivity contribution in [3.8, 4) is 0 Å². The quantitative estimate of drug-likeness (QED) is 0.676. The summed E-state index contributed by atoms with van der Waals surface area (Å²) in [5.41, 5.74) is 3.88. The minimum atomic E-state index is -0.313. The highest BCUT2D eigenvalue weighted by molar-refractivity contribution is 5.97. The van der Waals surface area contributed by atoms with Crippen molar-refractivity contribution in [3.05, 3.63) is 46.8 Å². The van der Waals surface area contributed by atoms with E-state index in [4.69, 9.17) is 0 Å². The van der Waals surface area contributed by atoms with Crippen LogP contribution < -0.4 is 16.0 Å². The number of aromatic amines is 1. The van der Waals surface area contributed by atoms with E-state index >= 15 is 0 Å². The molecule has 2 aromatic rings. The topological polar surface area (TPSA) is 98.9 Å². The molecule has 128 valence electrons. The maximum absolute atomic E-state index is 12.2. The van der Waals surface area contributed by atoms with Crippen LogP contribution in [0.1, 0.15) is 34.2 Å². The zero-order valence-electron chi connectivity index (χ0n) is 14.4. The van der Waals surface area contributed by atoms with Crippen LogP contribution in [-0.2, 0) is 6.42 Å². The number of carbonyl (C=O) groups is 2. The summed E-state index contributed by atoms with van der Waals surface area (Å²) < 4.78 is 0. The fourth-order valence-corrected chi connectivity index (χ4v) is 2.37. The lowest BCUT2D eigenvalue weighted by Crippen LogP contribution is -2.37. The van der Waals surface area contributed by atoms with Crippen LogP contribution in [0.2, 0.25) is 0 Å². The molecule has 1 atom stereocenters. The Bertz CT molecular complexity index is 738. The van der Waals surface area contributed by atoms with Gasteiger partial charge in [-0.2, -0.15) is 5.10 Å². The van der Waals surface area contributed by atoms with Crippen molar-refractivity contribution in [1.29, 1.82) is 0 Å². The predicted molar refractivity (Wildman–Crippen MR) is 93.2 cm³/mol. The third-order valence-corrected chi connectivity index (χ3v) is 3.63. The van der Waals surface area contributed by atoms with Crippen LogP contribution in [0.3, 0.4) is 0 Å². The van der Waals surface area contributed by atoms with Gasteiger partial charge in [-0.15, -0.1) is 0 Å². The highest BCUT2D eigenvalue weighted by atomic mass is 16.2. The zero-order chi connectivity index (χ0) is 17.7. The highest BCUT2D eigenvalue weighted by Gasteiger charge is 2.12. The third kappa shape index (κ3) is 4.58. The molecule has 0 aliphatic rings. The van der Waals surface area contributed by atoms with Gasteiger partial charge in [0.2, 0.25) is 0 Å². The van der Waals surface area contributed by atoms with Crippen LogP contribution in [-0.4, -0.2) is 35.2 Å². The first-order valence-electron chi connectivity index (χ1n) is 7.80. The smallest absolute Gasteiger partial charge is 0.319 e. The molecular formula is C17H23N5O2. The Labute approximate surface area is 141 Å². The van der Waals surface area contributed by atoms with Gasteiger partial charge in [-0.1, -0.05) is 6.07 Å². The number of hydrogen-bond donors (Lipinski definition) is 4. The normalized spacial score (nSPS) is 11.7. The maximum Gasteiger partial charge on any atom is 0.319 e. The van der Waals surface area contributed by atoms with Crippen LogP contribution in [0.4, 0.5) is 10.5 Å². The number of nitrogens with zero attached hydrogens (tertiary/aromatic N) is 1. The summed E-state index contributed by atoms with van der Waals surface area (Å²) >= 11 is 0. The molecule has 24 heavy (non-hydrogen) atoms. The van der Waals surface area contributed by atoms with Gasteiger partial charge in [-0.05, 0) is 44.5 Å². The number of urea groups is 1. The molecule has 0 saturated carbocycles. The van der Waals surface area contributed by atoms with Crippen LogP contribution >= 0.6 is 0 Å². The molecule has 0 radical (unpaired) electrons. The first kappa shape index (κ1) is 17.5. The monoisotopic (exact) mass is 329 g/mol. The van der Waals surface area contributed by atoms with Gasteiger partial charge in [0.1, 0.15) is 0 Å². The van der Waals surface area contributed by atoms with Crippen molar-refractivity contribution >= 4 is 17.6 Å². The average Bonchev–Trinajstić information content (AvgIpc) is 2.93. The molecule has 0 fully saturated rings. The number of H-pyrrole nitrogens is 1. The fraction of sp³-hybridized carbons (Fsp3) is 0.353. The standard InChI is InChI=1S/C17H23N5O2/c1-10-5-6-13(16(23)18-4)9-15(10)20-17(24)19-11(2)7-14-8-12(3)21-22-14/h5-6,8-9,11H,7H2,1-4H3,(H,18,23)(H,21,22)(H2,19,20,24)/t11-/m0/s1. The minimum Gasteiger partial charge on any atom is -0.355 e. The van der Waals surface area contributed by atoms with Crippen LogP contribution in [0.25, 0.3) is 0 Å². The Morgan fingerprint density at radius 3 is 2.62 bits per heavy atom. The van der Waals surface area contributed by atoms with E-state index in [-0.39, 0.29) is 18.0 Å². The Balaban J connectivity index is 1.97. The predicted octanol–water partition coefficient (Wildman–Crippen LogP) is 2.14. The molecule has 7 heteroatoms. The maximum atomic E-state index is 12.2. The summed E-state index contributed by atoms with van der Waals surface area (Å²) in [5.74, 6) is -0.194. The lowest BCUT2D eigenvalue weighted by atomic mass is 10.1. The van der Waals surface area contributed by atoms with Crippen molar-refractivity contribution < 1.29 is 9.59 Å². The molecule has 0 unspecified atom stereocenters. The third-order valence-electron chi connectivity index (χ3n) is 3.63. The molecule has 7 nitrogen and oxygen atoms in total. The molecule has 1 aromatic carbocycles. The fourth-order valence-electron chi connectivity index (χ4n) is 2.37. The largest absolute Gasteiger partial charge is 0.355 e. The van der Waals surface area contributed by atoms with Gasteiger partial charge in [0, 0.05) is 36.5 Å². The molecule has 2 rings (SSSR count). The number of amides is 3. The SMILES string of the molecule is CNC(=O)c1ccc(C)c(NC(=O)N[C@@H](C)Cc2cc(C)[nH]n2)c1. The number of rotatable bonds is 5. The number of nitrogens with one attached hydrogen (secondary N) is 4. The van der Waals surface area contributed by atoms with E-state index in [1.807, 2.05) is 26.8 Å². The van der Waals surface area contributed by atoms with Crippen molar-refractivity contribution in [1.82, 2.24) is 20.8 Å². The van der Waals surface area contributed by atoms with Crippen LogP contribution in [0, 0.1) is 13.8 Å². The van der Waals surface area contributed by atoms with E-state index in [1.54, 1.807) is 25.2 Å². The molecule has 0 bridgehead atoms. The minimum absolute atomic E-state index is 0.0740. The first-order valence-corrected chi connectivity index (χ1v) is 7.80. The summed E-state index contributed by atoms with van der Waals surface area (Å²) in [7, 11) is 1.57. The summed E-state index contributed by atoms with van der Waals surface area (Å²) in [6.45, 7) is 5.72. The van der Waals surface area contributed by atoms with E-state index in [0.717, 1.165) is 17.0 Å². The number of aryl methyl sites for hydroxylation is 2. The van der Waals surface area contributed by atoms with Gasteiger partial charge in [0.15, 0.2) is 0 Å². The van der Waals surface area contributed by atoms with Gasteiger partial charge < -0.3 is 16.0 Å². The van der Waals surface area contributed by atoms with Gasteiger partial charge >= 0.3 is 6.03 Å². The van der Waals surface area contributed by atoms with Crippen molar-refractivity contribution in [2.45, 2.75) is 33.2 Å².